The Labute approximate surface area is 157 Å². The summed E-state index contributed by atoms with van der Waals surface area (Å²) in [6, 6.07) is 0. The zero-order chi connectivity index (χ0) is 19.1. The summed E-state index contributed by atoms with van der Waals surface area (Å²) >= 11 is 0. The fraction of sp³-hybridized carbons (Fsp3) is 1.00. The molecule has 0 saturated heterocycles. The van der Waals surface area contributed by atoms with Gasteiger partial charge < -0.3 is 25.5 Å². The van der Waals surface area contributed by atoms with E-state index in [4.69, 9.17) is 0 Å². The normalized spacial score (nSPS) is 51.3. The maximum absolute atomic E-state index is 11.3. The van der Waals surface area contributed by atoms with Gasteiger partial charge in [-0.25, -0.2) is 0 Å². The molecule has 0 aromatic heterocycles. The number of aliphatic hydroxyl groups is 5. The van der Waals surface area contributed by atoms with Gasteiger partial charge in [0.2, 0.25) is 0 Å². The van der Waals surface area contributed by atoms with E-state index in [0.717, 1.165) is 44.9 Å². The van der Waals surface area contributed by atoms with Crippen molar-refractivity contribution in [2.75, 3.05) is 6.61 Å². The molecule has 0 spiro atoms. The van der Waals surface area contributed by atoms with E-state index in [-0.39, 0.29) is 12.0 Å². The average molecular weight is 371 g/mol. The summed E-state index contributed by atoms with van der Waals surface area (Å²) in [5, 5.41) is 52.3. The van der Waals surface area contributed by atoms with Crippen LogP contribution < -0.4 is 0 Å². The topological polar surface area (TPSA) is 101 Å². The predicted molar refractivity (Wildman–Crippen MR) is 99.4 cm³/mol. The molecule has 0 aliphatic heterocycles. The molecule has 5 nitrogen and oxygen atoms in total. The number of hydrogen-bond acceptors (Lipinski definition) is 5. The smallest absolute Gasteiger partial charge is 0.106 e. The number of aliphatic hydroxyl groups excluding tert-OH is 4. The molecule has 26 heavy (non-hydrogen) atoms. The molecule has 3 saturated carbocycles. The Morgan fingerprint density at radius 2 is 1.77 bits per heavy atom. The highest BCUT2D eigenvalue weighted by molar-refractivity contribution is 5.16. The quantitative estimate of drug-likeness (QED) is 0.511. The third-order valence-electron chi connectivity index (χ3n) is 8.38. The molecule has 9 unspecified atom stereocenters. The first-order valence-corrected chi connectivity index (χ1v) is 10.6. The summed E-state index contributed by atoms with van der Waals surface area (Å²) in [6.45, 7) is 3.65. The van der Waals surface area contributed by atoms with Crippen molar-refractivity contribution in [2.45, 2.75) is 95.5 Å². The Morgan fingerprint density at radius 3 is 2.46 bits per heavy atom. The standard InChI is InChI=1S/C21H38O5/c1-13-6-7-16-14(4-3-5-15(23)10-13)11-18(24)20(2)17(16)8-9-21(20,26)19(25)12-22/h13-19,22-26H,3-12H2,1-2H3. The summed E-state index contributed by atoms with van der Waals surface area (Å²) in [7, 11) is 0. The first-order valence-electron chi connectivity index (χ1n) is 10.6. The minimum Gasteiger partial charge on any atom is -0.394 e. The van der Waals surface area contributed by atoms with Crippen molar-refractivity contribution in [1.82, 2.24) is 0 Å². The molecular formula is C21H38O5. The lowest BCUT2D eigenvalue weighted by Crippen LogP contribution is -2.63. The largest absolute Gasteiger partial charge is 0.394 e. The molecule has 0 radical (unpaired) electrons. The predicted octanol–water partition coefficient (Wildman–Crippen LogP) is 1.84. The number of rotatable bonds is 2. The van der Waals surface area contributed by atoms with E-state index in [0.29, 0.717) is 30.6 Å². The van der Waals surface area contributed by atoms with Gasteiger partial charge in [0.15, 0.2) is 0 Å². The van der Waals surface area contributed by atoms with Crippen LogP contribution in [0.3, 0.4) is 0 Å². The molecule has 3 fully saturated rings. The summed E-state index contributed by atoms with van der Waals surface area (Å²) in [6.07, 6.45) is 5.57. The van der Waals surface area contributed by atoms with Crippen LogP contribution in [0.15, 0.2) is 0 Å². The van der Waals surface area contributed by atoms with Gasteiger partial charge in [0.05, 0.1) is 18.8 Å². The Morgan fingerprint density at radius 1 is 1.04 bits per heavy atom. The molecule has 0 aromatic carbocycles. The monoisotopic (exact) mass is 370 g/mol. The van der Waals surface area contributed by atoms with Gasteiger partial charge in [0.1, 0.15) is 11.7 Å². The van der Waals surface area contributed by atoms with Crippen LogP contribution in [0.1, 0.15) is 71.6 Å². The van der Waals surface area contributed by atoms with Crippen LogP contribution in [-0.4, -0.2) is 56.1 Å². The van der Waals surface area contributed by atoms with E-state index < -0.39 is 29.8 Å². The van der Waals surface area contributed by atoms with Gasteiger partial charge in [-0.15, -0.1) is 0 Å². The fourth-order valence-electron chi connectivity index (χ4n) is 6.73. The van der Waals surface area contributed by atoms with Crippen molar-refractivity contribution >= 4 is 0 Å². The van der Waals surface area contributed by atoms with Gasteiger partial charge in [0, 0.05) is 5.41 Å². The number of fused-ring (bicyclic) bond motifs is 3. The van der Waals surface area contributed by atoms with Crippen molar-refractivity contribution in [1.29, 1.82) is 0 Å². The highest BCUT2D eigenvalue weighted by Gasteiger charge is 2.66. The van der Waals surface area contributed by atoms with E-state index in [2.05, 4.69) is 6.92 Å². The lowest BCUT2D eigenvalue weighted by Gasteiger charge is -2.55. The van der Waals surface area contributed by atoms with Crippen molar-refractivity contribution < 1.29 is 25.5 Å². The third-order valence-corrected chi connectivity index (χ3v) is 8.38. The zero-order valence-electron chi connectivity index (χ0n) is 16.3. The second-order valence-electron chi connectivity index (χ2n) is 9.73. The third kappa shape index (κ3) is 3.24. The molecular weight excluding hydrogens is 332 g/mol. The Hall–Kier alpha value is -0.200. The molecule has 3 rings (SSSR count). The Balaban J connectivity index is 1.87. The van der Waals surface area contributed by atoms with Crippen LogP contribution in [0.25, 0.3) is 0 Å². The molecule has 0 aromatic rings. The highest BCUT2D eigenvalue weighted by Crippen LogP contribution is 2.63. The van der Waals surface area contributed by atoms with Gasteiger partial charge >= 0.3 is 0 Å². The highest BCUT2D eigenvalue weighted by atomic mass is 16.4. The molecule has 5 N–H and O–H groups in total. The molecule has 3 aliphatic rings. The second kappa shape index (κ2) is 7.67. The van der Waals surface area contributed by atoms with E-state index >= 15 is 0 Å². The Bertz CT molecular complexity index is 485. The maximum atomic E-state index is 11.3. The lowest BCUT2D eigenvalue weighted by atomic mass is 9.53. The van der Waals surface area contributed by atoms with Crippen LogP contribution >= 0.6 is 0 Å². The average Bonchev–Trinajstić information content (AvgIpc) is 2.88. The van der Waals surface area contributed by atoms with E-state index in [9.17, 15) is 25.5 Å². The van der Waals surface area contributed by atoms with Crippen molar-refractivity contribution in [3.8, 4) is 0 Å². The van der Waals surface area contributed by atoms with Crippen LogP contribution in [0, 0.1) is 29.1 Å². The maximum Gasteiger partial charge on any atom is 0.106 e. The first-order chi connectivity index (χ1) is 12.2. The van der Waals surface area contributed by atoms with Gasteiger partial charge in [0.25, 0.3) is 0 Å². The summed E-state index contributed by atoms with van der Waals surface area (Å²) in [5.74, 6) is 1.49. The van der Waals surface area contributed by atoms with Crippen molar-refractivity contribution in [3.05, 3.63) is 0 Å². The summed E-state index contributed by atoms with van der Waals surface area (Å²) < 4.78 is 0. The van der Waals surface area contributed by atoms with Gasteiger partial charge in [-0.1, -0.05) is 26.7 Å². The second-order valence-corrected chi connectivity index (χ2v) is 9.73. The number of hydrogen-bond donors (Lipinski definition) is 5. The first kappa shape index (κ1) is 20.5. The van der Waals surface area contributed by atoms with Gasteiger partial charge in [-0.2, -0.15) is 0 Å². The van der Waals surface area contributed by atoms with Crippen LogP contribution in [0.4, 0.5) is 0 Å². The summed E-state index contributed by atoms with van der Waals surface area (Å²) in [5.41, 5.74) is -2.20. The van der Waals surface area contributed by atoms with Crippen LogP contribution in [0.2, 0.25) is 0 Å². The molecule has 3 aliphatic carbocycles. The Kier molecular flexibility index (Phi) is 6.06. The van der Waals surface area contributed by atoms with Gasteiger partial charge in [-0.05, 0) is 68.6 Å². The SMILES string of the molecule is CC1CCC2C(CCCC(O)C1)CC(O)C1(C)C2CCC1(O)C(O)CO. The fourth-order valence-corrected chi connectivity index (χ4v) is 6.73. The van der Waals surface area contributed by atoms with Gasteiger partial charge in [-0.3, -0.25) is 0 Å². The lowest BCUT2D eigenvalue weighted by molar-refractivity contribution is -0.218. The van der Waals surface area contributed by atoms with Crippen LogP contribution in [-0.2, 0) is 0 Å². The van der Waals surface area contributed by atoms with E-state index in [1.807, 2.05) is 6.92 Å². The molecule has 0 amide bonds. The van der Waals surface area contributed by atoms with Crippen LogP contribution in [0.5, 0.6) is 0 Å². The molecule has 0 bridgehead atoms. The van der Waals surface area contributed by atoms with E-state index in [1.165, 1.54) is 0 Å². The molecule has 9 atom stereocenters. The van der Waals surface area contributed by atoms with Crippen molar-refractivity contribution in [3.63, 3.8) is 0 Å². The molecule has 5 heteroatoms. The zero-order valence-corrected chi connectivity index (χ0v) is 16.3. The summed E-state index contributed by atoms with van der Waals surface area (Å²) in [4.78, 5) is 0. The van der Waals surface area contributed by atoms with E-state index in [1.54, 1.807) is 0 Å². The van der Waals surface area contributed by atoms with Crippen molar-refractivity contribution in [2.24, 2.45) is 29.1 Å². The molecule has 152 valence electrons. The molecule has 0 heterocycles. The minimum absolute atomic E-state index is 0.166. The minimum atomic E-state index is -1.42.